The van der Waals surface area contributed by atoms with Gasteiger partial charge < -0.3 is 19.5 Å². The van der Waals surface area contributed by atoms with E-state index < -0.39 is 0 Å². The van der Waals surface area contributed by atoms with Crippen LogP contribution in [0.3, 0.4) is 0 Å². The number of nitrogens with zero attached hydrogens (tertiary/aromatic N) is 4. The monoisotopic (exact) mass is 509 g/mol. The Kier molecular flexibility index (Phi) is 7.10. The number of aryl methyl sites for hydroxylation is 2. The molecule has 0 radical (unpaired) electrons. The maximum Gasteiger partial charge on any atom is 0.227 e. The molecule has 2 aliphatic rings. The van der Waals surface area contributed by atoms with Gasteiger partial charge in [-0.25, -0.2) is 9.97 Å². The molecule has 2 aromatic heterocycles. The molecular weight excluding hydrogens is 474 g/mol. The maximum atomic E-state index is 12.7. The van der Waals surface area contributed by atoms with Crippen LogP contribution in [-0.4, -0.2) is 53.4 Å². The van der Waals surface area contributed by atoms with E-state index in [1.54, 1.807) is 6.26 Å². The smallest absolute Gasteiger partial charge is 0.227 e. The van der Waals surface area contributed by atoms with Crippen molar-refractivity contribution in [2.45, 2.75) is 39.0 Å². The van der Waals surface area contributed by atoms with Crippen LogP contribution < -0.4 is 10.2 Å². The van der Waals surface area contributed by atoms with E-state index in [9.17, 15) is 4.79 Å². The van der Waals surface area contributed by atoms with Crippen LogP contribution in [0.4, 0.5) is 17.3 Å². The van der Waals surface area contributed by atoms with Crippen LogP contribution in [0.25, 0.3) is 11.0 Å². The first kappa shape index (κ1) is 24.6. The Morgan fingerprint density at radius 1 is 1.00 bits per heavy atom. The van der Waals surface area contributed by atoms with Crippen LogP contribution in [0.15, 0.2) is 65.5 Å². The molecule has 1 N–H and O–H groups in total. The van der Waals surface area contributed by atoms with Crippen molar-refractivity contribution < 1.29 is 9.21 Å². The highest BCUT2D eigenvalue weighted by Crippen LogP contribution is 2.34. The fourth-order valence-electron chi connectivity index (χ4n) is 5.25. The first-order valence-electron chi connectivity index (χ1n) is 13.8. The number of hydrogen-bond donors (Lipinski definition) is 1. The summed E-state index contributed by atoms with van der Waals surface area (Å²) in [5, 5.41) is 4.39. The van der Waals surface area contributed by atoms with Crippen LogP contribution in [0.1, 0.15) is 47.7 Å². The molecule has 6 rings (SSSR count). The van der Waals surface area contributed by atoms with Gasteiger partial charge in [0.05, 0.1) is 6.26 Å². The number of rotatable bonds is 10. The summed E-state index contributed by atoms with van der Waals surface area (Å²) in [7, 11) is 0. The normalized spacial score (nSPS) is 16.2. The molecule has 0 spiro atoms. The lowest BCUT2D eigenvalue weighted by atomic mass is 9.97. The quantitative estimate of drug-likeness (QED) is 0.268. The number of carbonyl (C=O) groups is 1. The number of fused-ring (bicyclic) bond motifs is 1. The van der Waals surface area contributed by atoms with E-state index in [0.717, 1.165) is 78.9 Å². The lowest BCUT2D eigenvalue weighted by Crippen LogP contribution is -2.46. The Bertz CT molecular complexity index is 1380. The van der Waals surface area contributed by atoms with E-state index in [4.69, 9.17) is 4.42 Å². The maximum absolute atomic E-state index is 12.7. The molecule has 0 bridgehead atoms. The van der Waals surface area contributed by atoms with Gasteiger partial charge in [0.15, 0.2) is 5.78 Å². The summed E-state index contributed by atoms with van der Waals surface area (Å²) in [5.74, 6) is 1.38. The largest absolute Gasteiger partial charge is 0.464 e. The zero-order valence-corrected chi connectivity index (χ0v) is 22.0. The number of ketones is 1. The SMILES string of the molecule is CCN1CCN(c2ccc(Nc3ncc(CCc4cc(C(=O)CC5CC5)cc5occc45)cn3)cc2)CC1. The number of nitrogens with one attached hydrogen (secondary N) is 1. The van der Waals surface area contributed by atoms with Crippen LogP contribution in [0.5, 0.6) is 0 Å². The first-order valence-corrected chi connectivity index (χ1v) is 13.8. The summed E-state index contributed by atoms with van der Waals surface area (Å²) in [6, 6.07) is 14.4. The van der Waals surface area contributed by atoms with Crippen molar-refractivity contribution in [2.75, 3.05) is 42.9 Å². The second-order valence-corrected chi connectivity index (χ2v) is 10.5. The van der Waals surface area contributed by atoms with Crippen LogP contribution >= 0.6 is 0 Å². The zero-order valence-electron chi connectivity index (χ0n) is 22.0. The molecule has 7 heteroatoms. The van der Waals surface area contributed by atoms with Gasteiger partial charge >= 0.3 is 0 Å². The molecule has 2 fully saturated rings. The highest BCUT2D eigenvalue weighted by molar-refractivity contribution is 6.00. The van der Waals surface area contributed by atoms with Crippen molar-refractivity contribution in [3.63, 3.8) is 0 Å². The standard InChI is InChI=1S/C31H35N5O2/c1-2-35-12-14-36(15-13-35)27-9-7-26(8-10-27)34-31-32-20-23(21-33-31)5-6-24-18-25(29(37)17-22-3-4-22)19-30-28(24)11-16-38-30/h7-11,16,18-22H,2-6,12-15,17H2,1H3,(H,32,33,34). The van der Waals surface area contributed by atoms with Gasteiger partial charge in [-0.2, -0.15) is 0 Å². The highest BCUT2D eigenvalue weighted by atomic mass is 16.3. The summed E-state index contributed by atoms with van der Waals surface area (Å²) in [6.07, 6.45) is 10.0. The second kappa shape index (κ2) is 11.0. The van der Waals surface area contributed by atoms with Gasteiger partial charge in [0.2, 0.25) is 5.95 Å². The van der Waals surface area contributed by atoms with E-state index >= 15 is 0 Å². The minimum absolute atomic E-state index is 0.220. The Balaban J connectivity index is 1.06. The number of benzene rings is 2. The van der Waals surface area contributed by atoms with Crippen molar-refractivity contribution in [1.82, 2.24) is 14.9 Å². The molecule has 1 saturated carbocycles. The number of Topliss-reactive ketones (excluding diaryl/α,β-unsaturated/α-hetero) is 1. The molecule has 1 saturated heterocycles. The fourth-order valence-corrected chi connectivity index (χ4v) is 5.25. The molecule has 0 amide bonds. The van der Waals surface area contributed by atoms with E-state index in [1.165, 1.54) is 18.5 Å². The minimum Gasteiger partial charge on any atom is -0.464 e. The molecule has 1 aliphatic heterocycles. The summed E-state index contributed by atoms with van der Waals surface area (Å²) in [6.45, 7) is 7.72. The highest BCUT2D eigenvalue weighted by Gasteiger charge is 2.25. The predicted octanol–water partition coefficient (Wildman–Crippen LogP) is 5.88. The third kappa shape index (κ3) is 5.73. The average molecular weight is 510 g/mol. The number of carbonyl (C=O) groups excluding carboxylic acids is 1. The van der Waals surface area contributed by atoms with E-state index in [-0.39, 0.29) is 5.78 Å². The number of furan rings is 1. The molecular formula is C31H35N5O2. The number of aromatic nitrogens is 2. The average Bonchev–Trinajstić information content (AvgIpc) is 3.64. The van der Waals surface area contributed by atoms with Crippen LogP contribution in [-0.2, 0) is 12.8 Å². The van der Waals surface area contributed by atoms with Gasteiger partial charge in [0.1, 0.15) is 5.58 Å². The summed E-state index contributed by atoms with van der Waals surface area (Å²) in [4.78, 5) is 26.7. The van der Waals surface area contributed by atoms with Crippen molar-refractivity contribution in [2.24, 2.45) is 5.92 Å². The van der Waals surface area contributed by atoms with Crippen LogP contribution in [0, 0.1) is 5.92 Å². The number of likely N-dealkylation sites (N-methyl/N-ethyl adjacent to an activating group) is 1. The van der Waals surface area contributed by atoms with Crippen molar-refractivity contribution in [3.05, 3.63) is 77.8 Å². The molecule has 2 aromatic carbocycles. The molecule has 7 nitrogen and oxygen atoms in total. The van der Waals surface area contributed by atoms with Gasteiger partial charge in [0.25, 0.3) is 0 Å². The van der Waals surface area contributed by atoms with Gasteiger partial charge in [-0.1, -0.05) is 6.92 Å². The third-order valence-corrected chi connectivity index (χ3v) is 7.85. The van der Waals surface area contributed by atoms with Crippen molar-refractivity contribution >= 4 is 34.1 Å². The number of hydrogen-bond acceptors (Lipinski definition) is 7. The molecule has 196 valence electrons. The summed E-state index contributed by atoms with van der Waals surface area (Å²) in [5.41, 5.74) is 5.97. The molecule has 0 atom stereocenters. The Morgan fingerprint density at radius 2 is 1.76 bits per heavy atom. The Morgan fingerprint density at radius 3 is 2.47 bits per heavy atom. The van der Waals surface area contributed by atoms with E-state index in [2.05, 4.69) is 56.3 Å². The fraction of sp³-hybridized carbons (Fsp3) is 0.387. The molecule has 38 heavy (non-hydrogen) atoms. The van der Waals surface area contributed by atoms with E-state index in [1.807, 2.05) is 30.6 Å². The van der Waals surface area contributed by atoms with Crippen LogP contribution in [0.2, 0.25) is 0 Å². The third-order valence-electron chi connectivity index (χ3n) is 7.85. The Labute approximate surface area is 223 Å². The second-order valence-electron chi connectivity index (χ2n) is 10.5. The molecule has 4 aromatic rings. The first-order chi connectivity index (χ1) is 18.6. The van der Waals surface area contributed by atoms with Crippen molar-refractivity contribution in [1.29, 1.82) is 0 Å². The van der Waals surface area contributed by atoms with Gasteiger partial charge in [-0.15, -0.1) is 0 Å². The van der Waals surface area contributed by atoms with Gasteiger partial charge in [-0.3, -0.25) is 4.79 Å². The summed E-state index contributed by atoms with van der Waals surface area (Å²) >= 11 is 0. The van der Waals surface area contributed by atoms with E-state index in [0.29, 0.717) is 18.3 Å². The topological polar surface area (TPSA) is 74.5 Å². The Hall–Kier alpha value is -3.71. The zero-order chi connectivity index (χ0) is 25.9. The number of anilines is 3. The predicted molar refractivity (Wildman–Crippen MR) is 151 cm³/mol. The lowest BCUT2D eigenvalue weighted by Gasteiger charge is -2.35. The van der Waals surface area contributed by atoms with Gasteiger partial charge in [0, 0.05) is 67.3 Å². The molecule has 0 unspecified atom stereocenters. The minimum atomic E-state index is 0.220. The van der Waals surface area contributed by atoms with Crippen molar-refractivity contribution in [3.8, 4) is 0 Å². The summed E-state index contributed by atoms with van der Waals surface area (Å²) < 4.78 is 5.66. The lowest BCUT2D eigenvalue weighted by molar-refractivity contribution is 0.0976. The molecule has 3 heterocycles. The van der Waals surface area contributed by atoms with Gasteiger partial charge in [-0.05, 0) is 91.7 Å². The molecule has 1 aliphatic carbocycles. The number of piperazine rings is 1.